The summed E-state index contributed by atoms with van der Waals surface area (Å²) in [4.78, 5) is 23.5. The maximum Gasteiger partial charge on any atom is 0.242 e. The van der Waals surface area contributed by atoms with Crippen LogP contribution in [0.15, 0.2) is 0 Å². The van der Waals surface area contributed by atoms with Gasteiger partial charge in [-0.2, -0.15) is 0 Å². The Morgan fingerprint density at radius 3 is 2.16 bits per heavy atom. The van der Waals surface area contributed by atoms with Crippen LogP contribution in [0.25, 0.3) is 0 Å². The van der Waals surface area contributed by atoms with Crippen LogP contribution in [0.2, 0.25) is 0 Å². The van der Waals surface area contributed by atoms with E-state index in [1.165, 1.54) is 0 Å². The minimum Gasteiger partial charge on any atom is -0.391 e. The van der Waals surface area contributed by atoms with Crippen LogP contribution in [0.4, 0.5) is 0 Å². The summed E-state index contributed by atoms with van der Waals surface area (Å²) < 4.78 is 0. The molecular weight excluding hydrogens is 244 g/mol. The lowest BCUT2D eigenvalue weighted by Gasteiger charge is -2.23. The molecule has 0 fully saturated rings. The minimum atomic E-state index is -0.601. The van der Waals surface area contributed by atoms with Crippen molar-refractivity contribution < 1.29 is 14.7 Å². The Hall–Kier alpha value is -1.10. The minimum absolute atomic E-state index is 0.139. The van der Waals surface area contributed by atoms with Crippen molar-refractivity contribution in [3.8, 4) is 0 Å². The van der Waals surface area contributed by atoms with Gasteiger partial charge >= 0.3 is 0 Å². The Balaban J connectivity index is 4.19. The van der Waals surface area contributed by atoms with Crippen molar-refractivity contribution in [3.05, 3.63) is 0 Å². The number of aliphatic hydroxyl groups excluding tert-OH is 1. The van der Waals surface area contributed by atoms with Gasteiger partial charge in [0.1, 0.15) is 6.04 Å². The Labute approximate surface area is 116 Å². The Morgan fingerprint density at radius 2 is 1.74 bits per heavy atom. The van der Waals surface area contributed by atoms with Gasteiger partial charge in [0.05, 0.1) is 6.10 Å². The second kappa shape index (κ2) is 7.48. The van der Waals surface area contributed by atoms with E-state index in [2.05, 4.69) is 10.6 Å². The molecule has 5 heteroatoms. The van der Waals surface area contributed by atoms with Crippen LogP contribution in [0.5, 0.6) is 0 Å². The van der Waals surface area contributed by atoms with Gasteiger partial charge in [-0.1, -0.05) is 41.0 Å². The molecule has 0 radical (unpaired) electrons. The van der Waals surface area contributed by atoms with Crippen molar-refractivity contribution in [2.75, 3.05) is 6.54 Å². The van der Waals surface area contributed by atoms with E-state index in [4.69, 9.17) is 0 Å². The molecule has 0 spiro atoms. The fourth-order valence-electron chi connectivity index (χ4n) is 1.31. The van der Waals surface area contributed by atoms with Gasteiger partial charge in [-0.15, -0.1) is 0 Å². The smallest absolute Gasteiger partial charge is 0.242 e. The number of carbonyl (C=O) groups is 2. The van der Waals surface area contributed by atoms with Gasteiger partial charge in [-0.05, 0) is 12.8 Å². The molecule has 3 atom stereocenters. The molecule has 3 N–H and O–H groups in total. The molecule has 5 nitrogen and oxygen atoms in total. The summed E-state index contributed by atoms with van der Waals surface area (Å²) in [7, 11) is 0. The fourth-order valence-corrected chi connectivity index (χ4v) is 1.31. The number of amides is 2. The zero-order valence-corrected chi connectivity index (χ0v) is 12.9. The molecule has 19 heavy (non-hydrogen) atoms. The van der Waals surface area contributed by atoms with Crippen molar-refractivity contribution in [1.29, 1.82) is 0 Å². The molecule has 0 aromatic rings. The molecule has 0 aliphatic carbocycles. The Morgan fingerprint density at radius 1 is 1.21 bits per heavy atom. The molecule has 2 amide bonds. The SMILES string of the molecule is CCC(C)C(O)CNC(=O)C(C)NC(=O)C(C)(C)C. The predicted octanol–water partition coefficient (Wildman–Crippen LogP) is 1.06. The van der Waals surface area contributed by atoms with Crippen molar-refractivity contribution in [2.45, 2.75) is 60.1 Å². The van der Waals surface area contributed by atoms with E-state index in [0.717, 1.165) is 6.42 Å². The summed E-state index contributed by atoms with van der Waals surface area (Å²) in [6, 6.07) is -0.601. The van der Waals surface area contributed by atoms with Gasteiger partial charge in [0.2, 0.25) is 11.8 Å². The van der Waals surface area contributed by atoms with Gasteiger partial charge in [0.25, 0.3) is 0 Å². The number of hydrogen-bond donors (Lipinski definition) is 3. The summed E-state index contributed by atoms with van der Waals surface area (Å²) >= 11 is 0. The highest BCUT2D eigenvalue weighted by molar-refractivity contribution is 5.89. The Bertz CT molecular complexity index is 310. The highest BCUT2D eigenvalue weighted by Crippen LogP contribution is 2.12. The lowest BCUT2D eigenvalue weighted by Crippen LogP contribution is -2.49. The van der Waals surface area contributed by atoms with Gasteiger partial charge < -0.3 is 15.7 Å². The van der Waals surface area contributed by atoms with E-state index in [-0.39, 0.29) is 24.3 Å². The van der Waals surface area contributed by atoms with E-state index < -0.39 is 17.6 Å². The van der Waals surface area contributed by atoms with E-state index in [0.29, 0.717) is 0 Å². The third-order valence-electron chi connectivity index (χ3n) is 3.21. The average Bonchev–Trinajstić information content (AvgIpc) is 2.32. The molecule has 0 aliphatic rings. The molecule has 0 saturated heterocycles. The number of rotatable bonds is 6. The first-order valence-electron chi connectivity index (χ1n) is 6.86. The van der Waals surface area contributed by atoms with Gasteiger partial charge in [0.15, 0.2) is 0 Å². The molecule has 112 valence electrons. The topological polar surface area (TPSA) is 78.4 Å². The summed E-state index contributed by atoms with van der Waals surface area (Å²) in [6.45, 7) is 11.1. The highest BCUT2D eigenvalue weighted by Gasteiger charge is 2.25. The van der Waals surface area contributed by atoms with Crippen molar-refractivity contribution >= 4 is 11.8 Å². The highest BCUT2D eigenvalue weighted by atomic mass is 16.3. The third-order valence-corrected chi connectivity index (χ3v) is 3.21. The molecule has 0 aromatic carbocycles. The van der Waals surface area contributed by atoms with Crippen LogP contribution in [0, 0.1) is 11.3 Å². The normalized spacial score (nSPS) is 16.4. The van der Waals surface area contributed by atoms with Gasteiger partial charge in [-0.3, -0.25) is 9.59 Å². The molecule has 0 heterocycles. The summed E-state index contributed by atoms with van der Waals surface area (Å²) in [5.41, 5.74) is -0.523. The standard InChI is InChI=1S/C14H28N2O3/c1-7-9(2)11(17)8-15-12(18)10(3)16-13(19)14(4,5)6/h9-11,17H,7-8H2,1-6H3,(H,15,18)(H,16,19). The predicted molar refractivity (Wildman–Crippen MR) is 75.5 cm³/mol. The van der Waals surface area contributed by atoms with Crippen LogP contribution in [-0.2, 0) is 9.59 Å². The summed E-state index contributed by atoms with van der Waals surface area (Å²) in [5.74, 6) is -0.308. The van der Waals surface area contributed by atoms with Crippen molar-refractivity contribution in [2.24, 2.45) is 11.3 Å². The van der Waals surface area contributed by atoms with Crippen LogP contribution in [0.3, 0.4) is 0 Å². The molecule has 3 unspecified atom stereocenters. The lowest BCUT2D eigenvalue weighted by molar-refractivity contribution is -0.133. The maximum atomic E-state index is 11.8. The third kappa shape index (κ3) is 6.57. The molecule has 0 aromatic heterocycles. The van der Waals surface area contributed by atoms with Crippen molar-refractivity contribution in [1.82, 2.24) is 10.6 Å². The second-order valence-electron chi connectivity index (χ2n) is 6.14. The molecule has 0 bridgehead atoms. The van der Waals surface area contributed by atoms with Crippen LogP contribution in [-0.4, -0.2) is 35.6 Å². The summed E-state index contributed by atoms with van der Waals surface area (Å²) in [6.07, 6.45) is 0.298. The first-order valence-corrected chi connectivity index (χ1v) is 6.86. The monoisotopic (exact) mass is 272 g/mol. The first kappa shape index (κ1) is 17.9. The number of hydrogen-bond acceptors (Lipinski definition) is 3. The molecular formula is C14H28N2O3. The second-order valence-corrected chi connectivity index (χ2v) is 6.14. The number of carbonyl (C=O) groups excluding carboxylic acids is 2. The van der Waals surface area contributed by atoms with Gasteiger partial charge in [-0.25, -0.2) is 0 Å². The van der Waals surface area contributed by atoms with Gasteiger partial charge in [0, 0.05) is 12.0 Å². The van der Waals surface area contributed by atoms with Crippen molar-refractivity contribution in [3.63, 3.8) is 0 Å². The lowest BCUT2D eigenvalue weighted by atomic mass is 9.95. The van der Waals surface area contributed by atoms with E-state index >= 15 is 0 Å². The van der Waals surface area contributed by atoms with Crippen LogP contribution in [0.1, 0.15) is 48.0 Å². The molecule has 0 rings (SSSR count). The maximum absolute atomic E-state index is 11.8. The van der Waals surface area contributed by atoms with Crippen LogP contribution < -0.4 is 10.6 Å². The average molecular weight is 272 g/mol. The first-order chi connectivity index (χ1) is 8.59. The van der Waals surface area contributed by atoms with E-state index in [9.17, 15) is 14.7 Å². The van der Waals surface area contributed by atoms with E-state index in [1.54, 1.807) is 27.7 Å². The van der Waals surface area contributed by atoms with Crippen LogP contribution >= 0.6 is 0 Å². The summed E-state index contributed by atoms with van der Waals surface area (Å²) in [5, 5.41) is 15.1. The zero-order chi connectivity index (χ0) is 15.2. The zero-order valence-electron chi connectivity index (χ0n) is 12.9. The fraction of sp³-hybridized carbons (Fsp3) is 0.857. The number of nitrogens with one attached hydrogen (secondary N) is 2. The quantitative estimate of drug-likeness (QED) is 0.676. The number of aliphatic hydroxyl groups is 1. The van der Waals surface area contributed by atoms with E-state index in [1.807, 2.05) is 13.8 Å². The molecule has 0 saturated carbocycles. The molecule has 0 aliphatic heterocycles. The largest absolute Gasteiger partial charge is 0.391 e. The Kier molecular flexibility index (Phi) is 7.05.